The molecule has 0 bridgehead atoms. The zero-order valence-electron chi connectivity index (χ0n) is 13.7. The molecule has 0 aromatic heterocycles. The van der Waals surface area contributed by atoms with Gasteiger partial charge in [0.15, 0.2) is 0 Å². The Labute approximate surface area is 141 Å². The van der Waals surface area contributed by atoms with Crippen LogP contribution in [0.1, 0.15) is 37.6 Å². The summed E-state index contributed by atoms with van der Waals surface area (Å²) in [6.45, 7) is 5.87. The van der Waals surface area contributed by atoms with Crippen molar-refractivity contribution in [3.05, 3.63) is 53.6 Å². The molecule has 0 heterocycles. The van der Waals surface area contributed by atoms with E-state index in [-0.39, 0.29) is 12.3 Å². The molecule has 0 fully saturated rings. The lowest BCUT2D eigenvalue weighted by atomic mass is 10.1. The first-order valence-electron chi connectivity index (χ1n) is 7.45. The first kappa shape index (κ1) is 19.0. The number of hydrogen-bond donors (Lipinski definition) is 2. The first-order valence-corrected chi connectivity index (χ1v) is 8.44. The number of allylic oxidation sites excluding steroid dienone is 2. The summed E-state index contributed by atoms with van der Waals surface area (Å²) < 4.78 is 0. The Balaban J connectivity index is 2.86. The van der Waals surface area contributed by atoms with Crippen molar-refractivity contribution in [1.82, 2.24) is 5.32 Å². The Kier molecular flexibility index (Phi) is 8.19. The Hall–Kier alpha value is -2.01. The third-order valence-electron chi connectivity index (χ3n) is 3.07. The monoisotopic (exact) mass is 333 g/mol. The predicted molar refractivity (Wildman–Crippen MR) is 94.9 cm³/mol. The molecule has 2 N–H and O–H groups in total. The van der Waals surface area contributed by atoms with E-state index in [1.165, 1.54) is 5.57 Å². The van der Waals surface area contributed by atoms with E-state index in [1.807, 2.05) is 32.9 Å². The van der Waals surface area contributed by atoms with Gasteiger partial charge in [0.05, 0.1) is 5.56 Å². The van der Waals surface area contributed by atoms with Crippen molar-refractivity contribution in [1.29, 1.82) is 0 Å². The molecule has 0 aliphatic carbocycles. The van der Waals surface area contributed by atoms with Crippen molar-refractivity contribution in [2.24, 2.45) is 0 Å². The number of aliphatic carboxylic acids is 1. The summed E-state index contributed by atoms with van der Waals surface area (Å²) in [6.07, 6.45) is 5.86. The lowest BCUT2D eigenvalue weighted by Gasteiger charge is -2.14. The van der Waals surface area contributed by atoms with Crippen LogP contribution in [0.25, 0.3) is 0 Å². The number of nitrogens with one attached hydrogen (secondary N) is 1. The Morgan fingerprint density at radius 2 is 2.00 bits per heavy atom. The number of carbonyl (C=O) groups excluding carboxylic acids is 1. The summed E-state index contributed by atoms with van der Waals surface area (Å²) in [5, 5.41) is 11.8. The minimum absolute atomic E-state index is 0.269. The molecule has 1 rings (SSSR count). The molecule has 1 aromatic rings. The molecular weight excluding hydrogens is 310 g/mol. The fourth-order valence-corrected chi connectivity index (χ4v) is 2.90. The number of carbonyl (C=O) groups is 2. The maximum Gasteiger partial charge on any atom is 0.326 e. The van der Waals surface area contributed by atoms with Crippen LogP contribution < -0.4 is 5.32 Å². The fraction of sp³-hybridized carbons (Fsp3) is 0.333. The predicted octanol–water partition coefficient (Wildman–Crippen LogP) is 3.89. The van der Waals surface area contributed by atoms with Gasteiger partial charge in [0.25, 0.3) is 5.91 Å². The number of carboxylic acids is 1. The average molecular weight is 333 g/mol. The van der Waals surface area contributed by atoms with Crippen molar-refractivity contribution >= 4 is 23.6 Å². The molecule has 1 aromatic carbocycles. The van der Waals surface area contributed by atoms with Gasteiger partial charge < -0.3 is 10.4 Å². The van der Waals surface area contributed by atoms with E-state index in [0.717, 1.165) is 10.6 Å². The average Bonchev–Trinajstić information content (AvgIpc) is 2.51. The van der Waals surface area contributed by atoms with Gasteiger partial charge >= 0.3 is 5.97 Å². The number of thioether (sulfide) groups is 1. The van der Waals surface area contributed by atoms with Crippen molar-refractivity contribution in [3.8, 4) is 0 Å². The quantitative estimate of drug-likeness (QED) is 0.559. The van der Waals surface area contributed by atoms with E-state index in [2.05, 4.69) is 11.4 Å². The molecule has 0 spiro atoms. The lowest BCUT2D eigenvalue weighted by Crippen LogP contribution is -2.40. The van der Waals surface area contributed by atoms with Crippen LogP contribution in [0.2, 0.25) is 0 Å². The summed E-state index contributed by atoms with van der Waals surface area (Å²) in [7, 11) is 0. The molecule has 1 atom stereocenters. The molecule has 23 heavy (non-hydrogen) atoms. The fourth-order valence-electron chi connectivity index (χ4n) is 1.81. The second-order valence-electron chi connectivity index (χ2n) is 5.26. The Bertz CT molecular complexity index is 604. The van der Waals surface area contributed by atoms with Gasteiger partial charge in [0.1, 0.15) is 6.04 Å². The van der Waals surface area contributed by atoms with E-state index < -0.39 is 12.0 Å². The number of rotatable bonds is 8. The van der Waals surface area contributed by atoms with Crippen molar-refractivity contribution in [2.75, 3.05) is 5.75 Å². The van der Waals surface area contributed by atoms with E-state index >= 15 is 0 Å². The molecule has 0 aliphatic heterocycles. The van der Waals surface area contributed by atoms with Gasteiger partial charge in [-0.2, -0.15) is 0 Å². The number of hydrogen-bond acceptors (Lipinski definition) is 3. The zero-order valence-corrected chi connectivity index (χ0v) is 14.5. The first-order chi connectivity index (χ1) is 11.0. The second-order valence-corrected chi connectivity index (χ2v) is 6.32. The van der Waals surface area contributed by atoms with Crippen molar-refractivity contribution < 1.29 is 14.7 Å². The van der Waals surface area contributed by atoms with Gasteiger partial charge in [-0.15, -0.1) is 11.8 Å². The Morgan fingerprint density at radius 3 is 2.61 bits per heavy atom. The van der Waals surface area contributed by atoms with Crippen LogP contribution in [0.5, 0.6) is 0 Å². The van der Waals surface area contributed by atoms with Gasteiger partial charge in [-0.3, -0.25) is 4.79 Å². The van der Waals surface area contributed by atoms with Crippen LogP contribution in [0.4, 0.5) is 0 Å². The standard InChI is InChI=1S/C18H23NO3S/c1-4-5-9-15(18(21)22)19-17(20)14-8-6-7-10-16(14)23-12-11-13(2)3/h4-8,10-11,15H,9,12H2,1-3H3,(H,19,20)(H,21,22)/b5-4+. The van der Waals surface area contributed by atoms with Crippen LogP contribution >= 0.6 is 11.8 Å². The van der Waals surface area contributed by atoms with Crippen LogP contribution in [0.3, 0.4) is 0 Å². The maximum atomic E-state index is 12.4. The molecule has 0 aliphatic rings. The van der Waals surface area contributed by atoms with E-state index in [0.29, 0.717) is 5.56 Å². The highest BCUT2D eigenvalue weighted by atomic mass is 32.2. The molecule has 5 heteroatoms. The third-order valence-corrected chi connectivity index (χ3v) is 4.07. The maximum absolute atomic E-state index is 12.4. The van der Waals surface area contributed by atoms with Gasteiger partial charge in [-0.1, -0.05) is 35.9 Å². The van der Waals surface area contributed by atoms with Crippen LogP contribution in [-0.4, -0.2) is 28.8 Å². The number of benzene rings is 1. The highest BCUT2D eigenvalue weighted by Crippen LogP contribution is 2.23. The van der Waals surface area contributed by atoms with Gasteiger partial charge in [-0.05, 0) is 39.3 Å². The zero-order chi connectivity index (χ0) is 17.2. The Morgan fingerprint density at radius 1 is 1.30 bits per heavy atom. The molecule has 124 valence electrons. The minimum atomic E-state index is -1.04. The summed E-state index contributed by atoms with van der Waals surface area (Å²) in [5.74, 6) is -0.624. The molecule has 0 saturated carbocycles. The normalized spacial score (nSPS) is 12.0. The number of carboxylic acid groups (broad SMARTS) is 1. The summed E-state index contributed by atoms with van der Waals surface area (Å²) in [5.41, 5.74) is 1.73. The van der Waals surface area contributed by atoms with Gasteiger partial charge in [-0.25, -0.2) is 4.79 Å². The van der Waals surface area contributed by atoms with Crippen LogP contribution in [0.15, 0.2) is 53.0 Å². The van der Waals surface area contributed by atoms with Gasteiger partial charge in [0, 0.05) is 10.6 Å². The van der Waals surface area contributed by atoms with Crippen LogP contribution in [0, 0.1) is 0 Å². The SMILES string of the molecule is C/C=C/CC(NC(=O)c1ccccc1SCC=C(C)C)C(=O)O. The highest BCUT2D eigenvalue weighted by molar-refractivity contribution is 7.99. The summed E-state index contributed by atoms with van der Waals surface area (Å²) >= 11 is 1.56. The molecule has 0 radical (unpaired) electrons. The summed E-state index contributed by atoms with van der Waals surface area (Å²) in [4.78, 5) is 24.5. The molecule has 4 nitrogen and oxygen atoms in total. The number of amides is 1. The molecule has 1 amide bonds. The lowest BCUT2D eigenvalue weighted by molar-refractivity contribution is -0.139. The van der Waals surface area contributed by atoms with E-state index in [1.54, 1.807) is 36.0 Å². The second kappa shape index (κ2) is 9.90. The van der Waals surface area contributed by atoms with E-state index in [9.17, 15) is 14.7 Å². The van der Waals surface area contributed by atoms with Crippen LogP contribution in [-0.2, 0) is 4.79 Å². The van der Waals surface area contributed by atoms with E-state index in [4.69, 9.17) is 0 Å². The summed E-state index contributed by atoms with van der Waals surface area (Å²) in [6, 6.07) is 6.32. The third kappa shape index (κ3) is 6.74. The van der Waals surface area contributed by atoms with Crippen molar-refractivity contribution in [2.45, 2.75) is 38.1 Å². The topological polar surface area (TPSA) is 66.4 Å². The minimum Gasteiger partial charge on any atom is -0.480 e. The highest BCUT2D eigenvalue weighted by Gasteiger charge is 2.20. The molecule has 1 unspecified atom stereocenters. The largest absolute Gasteiger partial charge is 0.480 e. The van der Waals surface area contributed by atoms with Crippen molar-refractivity contribution in [3.63, 3.8) is 0 Å². The molecular formula is C18H23NO3S. The van der Waals surface area contributed by atoms with Gasteiger partial charge in [0.2, 0.25) is 0 Å². The smallest absolute Gasteiger partial charge is 0.326 e. The molecule has 0 saturated heterocycles.